The highest BCUT2D eigenvalue weighted by Crippen LogP contribution is 2.33. The van der Waals surface area contributed by atoms with E-state index in [1.807, 2.05) is 49.5 Å². The van der Waals surface area contributed by atoms with E-state index in [0.717, 1.165) is 35.5 Å². The second kappa shape index (κ2) is 11.7. The predicted molar refractivity (Wildman–Crippen MR) is 134 cm³/mol. The van der Waals surface area contributed by atoms with Crippen LogP contribution in [0.1, 0.15) is 26.2 Å². The quantitative estimate of drug-likeness (QED) is 0.260. The van der Waals surface area contributed by atoms with Crippen molar-refractivity contribution in [2.75, 3.05) is 33.9 Å². The third kappa shape index (κ3) is 6.62. The van der Waals surface area contributed by atoms with Crippen LogP contribution in [0.2, 0.25) is 0 Å². The third-order valence-corrected chi connectivity index (χ3v) is 5.78. The molecular formula is C27H35N3O4. The van der Waals surface area contributed by atoms with Crippen LogP contribution in [0.15, 0.2) is 94.9 Å². The SMILES string of the molecule is C=C/C(OCC1(N)CC1)=C(\C=C1/CNCC=C1OC1=CC/C(=C(\C=C/C)C(=O)NC)C=C1)OC. The molecule has 1 amide bonds. The highest BCUT2D eigenvalue weighted by atomic mass is 16.5. The standard InChI is InChI=1S/C27H35N3O4/c1-5-7-22(26(31)29-3)19-8-10-21(11-9-19)34-24-12-15-30-17-20(24)16-25(32-4)23(6-2)33-18-27(28)13-14-27/h5-8,10-12,16,30H,2,9,13-15,17-18,28H2,1,3-4H3,(H,29,31)/b7-5-,20-16+,22-19+,25-23-. The van der Waals surface area contributed by atoms with Crippen LogP contribution in [0, 0.1) is 0 Å². The number of hydrogen-bond donors (Lipinski definition) is 3. The second-order valence-electron chi connectivity index (χ2n) is 8.42. The van der Waals surface area contributed by atoms with E-state index in [4.69, 9.17) is 19.9 Å². The average molecular weight is 466 g/mol. The first-order chi connectivity index (χ1) is 16.4. The van der Waals surface area contributed by atoms with Gasteiger partial charge in [0.2, 0.25) is 0 Å². The lowest BCUT2D eigenvalue weighted by Crippen LogP contribution is -2.28. The van der Waals surface area contributed by atoms with Crippen LogP contribution in [0.4, 0.5) is 0 Å². The monoisotopic (exact) mass is 465 g/mol. The van der Waals surface area contributed by atoms with Gasteiger partial charge in [0.05, 0.1) is 12.6 Å². The summed E-state index contributed by atoms with van der Waals surface area (Å²) in [5.41, 5.74) is 8.43. The summed E-state index contributed by atoms with van der Waals surface area (Å²) >= 11 is 0. The fourth-order valence-electron chi connectivity index (χ4n) is 3.53. The van der Waals surface area contributed by atoms with Gasteiger partial charge in [-0.3, -0.25) is 4.79 Å². The maximum absolute atomic E-state index is 12.2. The highest BCUT2D eigenvalue weighted by Gasteiger charge is 2.39. The largest absolute Gasteiger partial charge is 0.493 e. The molecule has 4 N–H and O–H groups in total. The molecule has 0 aromatic carbocycles. The molecule has 0 bridgehead atoms. The molecule has 1 fully saturated rings. The summed E-state index contributed by atoms with van der Waals surface area (Å²) in [5, 5.41) is 6.01. The van der Waals surface area contributed by atoms with Crippen molar-refractivity contribution in [1.29, 1.82) is 0 Å². The molecule has 0 saturated heterocycles. The molecule has 0 atom stereocenters. The van der Waals surface area contributed by atoms with Gasteiger partial charge in [-0.15, -0.1) is 0 Å². The van der Waals surface area contributed by atoms with E-state index in [1.165, 1.54) is 0 Å². The Labute approximate surface area is 202 Å². The molecule has 0 spiro atoms. The Kier molecular flexibility index (Phi) is 8.73. The smallest absolute Gasteiger partial charge is 0.251 e. The molecule has 0 radical (unpaired) electrons. The van der Waals surface area contributed by atoms with Gasteiger partial charge in [-0.25, -0.2) is 0 Å². The second-order valence-corrected chi connectivity index (χ2v) is 8.42. The van der Waals surface area contributed by atoms with Crippen molar-refractivity contribution in [2.24, 2.45) is 5.73 Å². The van der Waals surface area contributed by atoms with Gasteiger partial charge >= 0.3 is 0 Å². The van der Waals surface area contributed by atoms with Gasteiger partial charge in [-0.1, -0.05) is 24.8 Å². The van der Waals surface area contributed by atoms with E-state index in [9.17, 15) is 4.79 Å². The number of nitrogens with one attached hydrogen (secondary N) is 2. The number of carbonyl (C=O) groups is 1. The van der Waals surface area contributed by atoms with Gasteiger partial charge in [-0.05, 0) is 62.1 Å². The average Bonchev–Trinajstić information content (AvgIpc) is 3.60. The van der Waals surface area contributed by atoms with Gasteiger partial charge in [0.15, 0.2) is 11.5 Å². The Morgan fingerprint density at radius 1 is 1.29 bits per heavy atom. The molecular weight excluding hydrogens is 430 g/mol. The number of allylic oxidation sites excluding steroid dienone is 7. The molecule has 1 aliphatic heterocycles. The van der Waals surface area contributed by atoms with E-state index in [-0.39, 0.29) is 11.4 Å². The van der Waals surface area contributed by atoms with Crippen LogP contribution in [-0.4, -0.2) is 45.3 Å². The van der Waals surface area contributed by atoms with Crippen LogP contribution in [-0.2, 0) is 19.0 Å². The van der Waals surface area contributed by atoms with Crippen LogP contribution in [0.5, 0.6) is 0 Å². The van der Waals surface area contributed by atoms with Crippen molar-refractivity contribution in [3.63, 3.8) is 0 Å². The predicted octanol–water partition coefficient (Wildman–Crippen LogP) is 3.43. The zero-order valence-electron chi connectivity index (χ0n) is 20.3. The molecule has 3 aliphatic rings. The first-order valence-electron chi connectivity index (χ1n) is 11.5. The Morgan fingerprint density at radius 2 is 2.09 bits per heavy atom. The summed E-state index contributed by atoms with van der Waals surface area (Å²) in [6, 6.07) is 0. The van der Waals surface area contributed by atoms with Crippen molar-refractivity contribution in [3.05, 3.63) is 94.9 Å². The van der Waals surface area contributed by atoms with Gasteiger partial charge in [0.25, 0.3) is 5.91 Å². The molecule has 1 saturated carbocycles. The molecule has 2 aliphatic carbocycles. The molecule has 3 rings (SSSR count). The van der Waals surface area contributed by atoms with Gasteiger partial charge in [-0.2, -0.15) is 0 Å². The number of likely N-dealkylation sites (N-methyl/N-ethyl adjacent to an activating group) is 1. The third-order valence-electron chi connectivity index (χ3n) is 5.78. The Balaban J connectivity index is 1.77. The van der Waals surface area contributed by atoms with Gasteiger partial charge < -0.3 is 30.6 Å². The summed E-state index contributed by atoms with van der Waals surface area (Å²) < 4.78 is 17.7. The number of methoxy groups -OCH3 is 1. The normalized spacial score (nSPS) is 22.4. The molecule has 0 unspecified atom stereocenters. The van der Waals surface area contributed by atoms with Crippen molar-refractivity contribution in [1.82, 2.24) is 10.6 Å². The van der Waals surface area contributed by atoms with Gasteiger partial charge in [0, 0.05) is 31.3 Å². The lowest BCUT2D eigenvalue weighted by atomic mass is 9.99. The van der Waals surface area contributed by atoms with E-state index in [0.29, 0.717) is 43.2 Å². The Morgan fingerprint density at radius 3 is 2.68 bits per heavy atom. The molecule has 34 heavy (non-hydrogen) atoms. The van der Waals surface area contributed by atoms with Crippen LogP contribution in [0.3, 0.4) is 0 Å². The number of ether oxygens (including phenoxy) is 3. The number of nitrogens with two attached hydrogens (primary N) is 1. The molecule has 182 valence electrons. The van der Waals surface area contributed by atoms with E-state index in [1.54, 1.807) is 20.2 Å². The van der Waals surface area contributed by atoms with E-state index >= 15 is 0 Å². The maximum atomic E-state index is 12.2. The van der Waals surface area contributed by atoms with Crippen LogP contribution in [0.25, 0.3) is 0 Å². The minimum absolute atomic E-state index is 0.108. The molecule has 7 heteroatoms. The Bertz CT molecular complexity index is 1020. The summed E-state index contributed by atoms with van der Waals surface area (Å²) in [6.45, 7) is 7.50. The molecule has 0 aromatic rings. The van der Waals surface area contributed by atoms with E-state index < -0.39 is 0 Å². The number of amides is 1. The minimum Gasteiger partial charge on any atom is -0.493 e. The number of rotatable bonds is 10. The topological polar surface area (TPSA) is 94.8 Å². The van der Waals surface area contributed by atoms with Crippen molar-refractivity contribution < 1.29 is 19.0 Å². The fourth-order valence-corrected chi connectivity index (χ4v) is 3.53. The lowest BCUT2D eigenvalue weighted by Gasteiger charge is -2.21. The summed E-state index contributed by atoms with van der Waals surface area (Å²) in [6.07, 6.45) is 17.5. The van der Waals surface area contributed by atoms with Crippen molar-refractivity contribution in [3.8, 4) is 0 Å². The molecule has 0 aromatic heterocycles. The van der Waals surface area contributed by atoms with Gasteiger partial charge in [0.1, 0.15) is 18.1 Å². The number of hydrogen-bond acceptors (Lipinski definition) is 6. The maximum Gasteiger partial charge on any atom is 0.251 e. The fraction of sp³-hybridized carbons (Fsp3) is 0.370. The molecule has 1 heterocycles. The van der Waals surface area contributed by atoms with Crippen molar-refractivity contribution >= 4 is 5.91 Å². The zero-order chi connectivity index (χ0) is 24.6. The van der Waals surface area contributed by atoms with Crippen LogP contribution < -0.4 is 16.4 Å². The summed E-state index contributed by atoms with van der Waals surface area (Å²) in [4.78, 5) is 12.2. The summed E-state index contributed by atoms with van der Waals surface area (Å²) in [5.74, 6) is 2.48. The minimum atomic E-state index is -0.238. The van der Waals surface area contributed by atoms with Crippen LogP contribution >= 0.6 is 0 Å². The van der Waals surface area contributed by atoms with E-state index in [2.05, 4.69) is 17.2 Å². The first kappa shape index (κ1) is 25.3. The summed E-state index contributed by atoms with van der Waals surface area (Å²) in [7, 11) is 3.23. The lowest BCUT2D eigenvalue weighted by molar-refractivity contribution is -0.116. The van der Waals surface area contributed by atoms with Crippen molar-refractivity contribution in [2.45, 2.75) is 31.7 Å². The molecule has 7 nitrogen and oxygen atoms in total. The Hall–Kier alpha value is -3.29. The first-order valence-corrected chi connectivity index (χ1v) is 11.5. The number of carbonyl (C=O) groups excluding carboxylic acids is 1. The highest BCUT2D eigenvalue weighted by molar-refractivity contribution is 5.97. The zero-order valence-corrected chi connectivity index (χ0v) is 20.3.